The van der Waals surface area contributed by atoms with E-state index in [1.807, 2.05) is 0 Å². The van der Waals surface area contributed by atoms with Gasteiger partial charge in [-0.25, -0.2) is 10.3 Å². The van der Waals surface area contributed by atoms with E-state index in [9.17, 15) is 4.79 Å². The highest BCUT2D eigenvalue weighted by atomic mass is 16.6. The highest BCUT2D eigenvalue weighted by Gasteiger charge is 2.56. The summed E-state index contributed by atoms with van der Waals surface area (Å²) in [4.78, 5) is 11.7. The van der Waals surface area contributed by atoms with Crippen molar-refractivity contribution < 1.29 is 14.7 Å². The lowest BCUT2D eigenvalue weighted by atomic mass is 9.45. The third-order valence-electron chi connectivity index (χ3n) is 7.83. The van der Waals surface area contributed by atoms with Crippen LogP contribution in [0.15, 0.2) is 0 Å². The summed E-state index contributed by atoms with van der Waals surface area (Å²) in [5, 5.41) is 8.89. The molecule has 25 heavy (non-hydrogen) atoms. The molecule has 4 heteroatoms. The molecule has 1 amide bonds. The van der Waals surface area contributed by atoms with Crippen molar-refractivity contribution >= 4 is 6.09 Å². The highest BCUT2D eigenvalue weighted by Crippen LogP contribution is 2.62. The van der Waals surface area contributed by atoms with Gasteiger partial charge in [-0.05, 0) is 60.2 Å². The van der Waals surface area contributed by atoms with Crippen LogP contribution in [0.25, 0.3) is 0 Å². The van der Waals surface area contributed by atoms with Crippen molar-refractivity contribution in [3.8, 4) is 0 Å². The van der Waals surface area contributed by atoms with Gasteiger partial charge >= 0.3 is 6.09 Å². The zero-order chi connectivity index (χ0) is 18.8. The zero-order valence-electron chi connectivity index (χ0n) is 17.1. The average Bonchev–Trinajstić information content (AvgIpc) is 2.55. The van der Waals surface area contributed by atoms with E-state index in [2.05, 4.69) is 41.5 Å². The first kappa shape index (κ1) is 20.5. The molecule has 6 atom stereocenters. The molecular weight excluding hydrogens is 314 g/mol. The minimum Gasteiger partial charge on any atom is -0.444 e. The van der Waals surface area contributed by atoms with Crippen LogP contribution in [0.2, 0.25) is 0 Å². The molecule has 0 aliphatic heterocycles. The van der Waals surface area contributed by atoms with Gasteiger partial charge in [0.2, 0.25) is 0 Å². The van der Waals surface area contributed by atoms with Gasteiger partial charge in [-0.1, -0.05) is 60.8 Å². The van der Waals surface area contributed by atoms with Gasteiger partial charge in [0.1, 0.15) is 6.10 Å². The number of hydrogen-bond donors (Lipinski definition) is 2. The van der Waals surface area contributed by atoms with Crippen molar-refractivity contribution in [3.63, 3.8) is 0 Å². The van der Waals surface area contributed by atoms with Gasteiger partial charge in [0.15, 0.2) is 0 Å². The van der Waals surface area contributed by atoms with Gasteiger partial charge in [0, 0.05) is 0 Å². The fourth-order valence-electron chi connectivity index (χ4n) is 6.08. The molecule has 2 saturated carbocycles. The van der Waals surface area contributed by atoms with Crippen molar-refractivity contribution in [2.75, 3.05) is 0 Å². The zero-order valence-corrected chi connectivity index (χ0v) is 17.1. The van der Waals surface area contributed by atoms with Crippen LogP contribution in [0.1, 0.15) is 86.5 Å². The third-order valence-corrected chi connectivity index (χ3v) is 7.83. The molecule has 0 spiro atoms. The average molecular weight is 354 g/mol. The molecule has 2 aliphatic rings. The van der Waals surface area contributed by atoms with E-state index in [4.69, 9.17) is 9.94 Å². The van der Waals surface area contributed by atoms with E-state index in [-0.39, 0.29) is 11.5 Å². The Morgan fingerprint density at radius 2 is 2.00 bits per heavy atom. The summed E-state index contributed by atoms with van der Waals surface area (Å²) in [5.74, 6) is 2.20. The van der Waals surface area contributed by atoms with E-state index in [1.54, 1.807) is 5.48 Å². The number of amides is 1. The maximum atomic E-state index is 11.7. The Morgan fingerprint density at radius 1 is 1.32 bits per heavy atom. The molecule has 2 fully saturated rings. The number of hydrogen-bond acceptors (Lipinski definition) is 3. The van der Waals surface area contributed by atoms with E-state index in [0.717, 1.165) is 12.3 Å². The van der Waals surface area contributed by atoms with E-state index >= 15 is 0 Å². The number of fused-ring (bicyclic) bond motifs is 1. The van der Waals surface area contributed by atoms with Crippen molar-refractivity contribution in [1.29, 1.82) is 0 Å². The Bertz CT molecular complexity index is 464. The van der Waals surface area contributed by atoms with Gasteiger partial charge in [-0.15, -0.1) is 0 Å². The molecule has 4 nitrogen and oxygen atoms in total. The fourth-order valence-corrected chi connectivity index (χ4v) is 6.08. The van der Waals surface area contributed by atoms with Crippen LogP contribution in [0, 0.1) is 34.5 Å². The molecule has 2 N–H and O–H groups in total. The Balaban J connectivity index is 2.28. The molecule has 0 heterocycles. The Labute approximate surface area is 154 Å². The van der Waals surface area contributed by atoms with Gasteiger partial charge in [0.05, 0.1) is 0 Å². The number of rotatable bonds is 5. The van der Waals surface area contributed by atoms with Crippen LogP contribution in [0.5, 0.6) is 0 Å². The lowest BCUT2D eigenvalue weighted by Gasteiger charge is -2.60. The minimum atomic E-state index is -0.713. The number of nitrogens with one attached hydrogen (secondary N) is 1. The number of carbonyl (C=O) groups is 1. The van der Waals surface area contributed by atoms with Crippen molar-refractivity contribution in [2.45, 2.75) is 92.6 Å². The Hall–Kier alpha value is -0.770. The molecule has 0 aromatic heterocycles. The molecule has 2 aliphatic carbocycles. The summed E-state index contributed by atoms with van der Waals surface area (Å²) in [7, 11) is 0. The second-order valence-corrected chi connectivity index (χ2v) is 9.75. The van der Waals surface area contributed by atoms with E-state index in [1.165, 1.54) is 38.5 Å². The minimum absolute atomic E-state index is 0.107. The molecule has 0 bridgehead atoms. The van der Waals surface area contributed by atoms with Crippen LogP contribution in [0.3, 0.4) is 0 Å². The SMILES string of the molecule is CC[C@@H](C)CC[C@H]1[C@@H](C)[C@H](OC(=O)NO)C[C@H]2C(C)(C)CCC[C@]12C. The van der Waals surface area contributed by atoms with E-state index in [0.29, 0.717) is 23.2 Å². The molecule has 146 valence electrons. The third kappa shape index (κ3) is 4.15. The summed E-state index contributed by atoms with van der Waals surface area (Å²) in [6.45, 7) is 14.1. The molecule has 0 radical (unpaired) electrons. The lowest BCUT2D eigenvalue weighted by Crippen LogP contribution is -2.56. The Morgan fingerprint density at radius 3 is 2.60 bits per heavy atom. The smallest absolute Gasteiger partial charge is 0.431 e. The van der Waals surface area contributed by atoms with Gasteiger partial charge in [-0.2, -0.15) is 0 Å². The maximum absolute atomic E-state index is 11.7. The highest BCUT2D eigenvalue weighted by molar-refractivity contribution is 5.65. The maximum Gasteiger partial charge on any atom is 0.431 e. The van der Waals surface area contributed by atoms with Crippen LogP contribution in [-0.4, -0.2) is 17.4 Å². The number of ether oxygens (including phenoxy) is 1. The van der Waals surface area contributed by atoms with Crippen LogP contribution in [0.4, 0.5) is 4.79 Å². The lowest BCUT2D eigenvalue weighted by molar-refractivity contribution is -0.145. The standard InChI is InChI=1S/C21H39NO3/c1-7-14(2)9-10-16-15(3)17(25-19(23)22-24)13-18-20(4,5)11-8-12-21(16,18)6/h14-18,24H,7-13H2,1-6H3,(H,22,23)/t14-,15-,16+,17-,18+,21-/m1/s1. The second-order valence-electron chi connectivity index (χ2n) is 9.75. The molecule has 0 unspecified atom stereocenters. The van der Waals surface area contributed by atoms with Gasteiger partial charge in [-0.3, -0.25) is 5.21 Å². The molecular formula is C21H39NO3. The predicted octanol–water partition coefficient (Wildman–Crippen LogP) is 5.79. The molecule has 2 rings (SSSR count). The molecule has 0 saturated heterocycles. The van der Waals surface area contributed by atoms with Crippen molar-refractivity contribution in [1.82, 2.24) is 5.48 Å². The predicted molar refractivity (Wildman–Crippen MR) is 100 cm³/mol. The van der Waals surface area contributed by atoms with Gasteiger partial charge < -0.3 is 4.74 Å². The monoisotopic (exact) mass is 353 g/mol. The first-order valence-corrected chi connectivity index (χ1v) is 10.3. The fraction of sp³-hybridized carbons (Fsp3) is 0.952. The van der Waals surface area contributed by atoms with Crippen LogP contribution in [-0.2, 0) is 4.74 Å². The first-order chi connectivity index (χ1) is 11.7. The summed E-state index contributed by atoms with van der Waals surface area (Å²) in [6, 6.07) is 0. The summed E-state index contributed by atoms with van der Waals surface area (Å²) in [6.07, 6.45) is 7.60. The number of hydroxylamine groups is 1. The topological polar surface area (TPSA) is 58.6 Å². The van der Waals surface area contributed by atoms with Crippen LogP contribution >= 0.6 is 0 Å². The number of carbonyl (C=O) groups excluding carboxylic acids is 1. The largest absolute Gasteiger partial charge is 0.444 e. The van der Waals surface area contributed by atoms with Gasteiger partial charge in [0.25, 0.3) is 0 Å². The van der Waals surface area contributed by atoms with Crippen LogP contribution < -0.4 is 5.48 Å². The summed E-state index contributed by atoms with van der Waals surface area (Å²) >= 11 is 0. The second kappa shape index (κ2) is 7.85. The summed E-state index contributed by atoms with van der Waals surface area (Å²) < 4.78 is 5.60. The summed E-state index contributed by atoms with van der Waals surface area (Å²) in [5.41, 5.74) is 2.25. The van der Waals surface area contributed by atoms with E-state index < -0.39 is 6.09 Å². The quantitative estimate of drug-likeness (QED) is 0.486. The normalized spacial score (nSPS) is 38.5. The van der Waals surface area contributed by atoms with Crippen molar-refractivity contribution in [3.05, 3.63) is 0 Å². The first-order valence-electron chi connectivity index (χ1n) is 10.3. The Kier molecular flexibility index (Phi) is 6.45. The molecule has 0 aromatic carbocycles. The molecule has 0 aromatic rings. The van der Waals surface area contributed by atoms with Crippen molar-refractivity contribution in [2.24, 2.45) is 34.5 Å².